The van der Waals surface area contributed by atoms with Gasteiger partial charge in [0.1, 0.15) is 5.75 Å². The fourth-order valence-corrected chi connectivity index (χ4v) is 2.10. The summed E-state index contributed by atoms with van der Waals surface area (Å²) in [6.45, 7) is 0. The monoisotopic (exact) mass is 348 g/mol. The number of non-ortho nitro benzene ring substituents is 1. The van der Waals surface area contributed by atoms with E-state index in [1.807, 2.05) is 0 Å². The van der Waals surface area contributed by atoms with Crippen LogP contribution in [-0.2, 0) is 4.79 Å². The Morgan fingerprint density at radius 1 is 1.21 bits per heavy atom. The van der Waals surface area contributed by atoms with Crippen LogP contribution in [0, 0.1) is 10.1 Å². The van der Waals surface area contributed by atoms with Crippen molar-refractivity contribution < 1.29 is 19.2 Å². The Morgan fingerprint density at radius 2 is 1.88 bits per heavy atom. The molecule has 2 rings (SSSR count). The topological polar surface area (TPSA) is 98.5 Å². The summed E-state index contributed by atoms with van der Waals surface area (Å²) in [6, 6.07) is 11.5. The van der Waals surface area contributed by atoms with Gasteiger partial charge in [-0.1, -0.05) is 6.07 Å². The lowest BCUT2D eigenvalue weighted by atomic mass is 10.1. The van der Waals surface area contributed by atoms with Crippen LogP contribution < -0.4 is 10.1 Å². The van der Waals surface area contributed by atoms with Gasteiger partial charge in [-0.15, -0.1) is 11.6 Å². The molecule has 0 aliphatic rings. The molecule has 1 atom stereocenters. The fraction of sp³-hybridized carbons (Fsp3) is 0.125. The van der Waals surface area contributed by atoms with Crippen molar-refractivity contribution in [2.45, 2.75) is 5.38 Å². The van der Waals surface area contributed by atoms with E-state index in [1.54, 1.807) is 24.3 Å². The Balaban J connectivity index is 2.08. The molecule has 0 saturated carbocycles. The summed E-state index contributed by atoms with van der Waals surface area (Å²) >= 11 is 5.92. The first-order chi connectivity index (χ1) is 11.4. The molecule has 0 heterocycles. The number of carbonyl (C=O) groups is 2. The van der Waals surface area contributed by atoms with Crippen LogP contribution in [0.25, 0.3) is 0 Å². The van der Waals surface area contributed by atoms with Gasteiger partial charge in [-0.05, 0) is 24.3 Å². The smallest absolute Gasteiger partial charge is 0.269 e. The van der Waals surface area contributed by atoms with Crippen LogP contribution >= 0.6 is 11.6 Å². The third-order valence-corrected chi connectivity index (χ3v) is 3.56. The largest absolute Gasteiger partial charge is 0.497 e. The molecule has 0 aliphatic carbocycles. The summed E-state index contributed by atoms with van der Waals surface area (Å²) in [4.78, 5) is 34.3. The zero-order chi connectivity index (χ0) is 17.7. The molecule has 0 spiro atoms. The van der Waals surface area contributed by atoms with Crippen LogP contribution in [-0.4, -0.2) is 29.1 Å². The van der Waals surface area contributed by atoms with Gasteiger partial charge in [-0.3, -0.25) is 19.7 Å². The molecule has 2 aromatic carbocycles. The van der Waals surface area contributed by atoms with Crippen molar-refractivity contribution in [3.8, 4) is 5.75 Å². The van der Waals surface area contributed by atoms with Gasteiger partial charge in [0, 0.05) is 29.4 Å². The SMILES string of the molecule is COc1cccc(NC(=O)[C@H](Cl)C(=O)c2ccc([N+](=O)[O-])cc2)c1. The number of hydrogen-bond donors (Lipinski definition) is 1. The average Bonchev–Trinajstić information content (AvgIpc) is 2.60. The van der Waals surface area contributed by atoms with Crippen LogP contribution in [0.3, 0.4) is 0 Å². The standard InChI is InChI=1S/C16H13ClN2O5/c1-24-13-4-2-3-11(9-13)18-16(21)14(17)15(20)10-5-7-12(8-6-10)19(22)23/h2-9,14H,1H3,(H,18,21)/t14-/m1/s1. The number of nitro groups is 1. The highest BCUT2D eigenvalue weighted by molar-refractivity contribution is 6.45. The Kier molecular flexibility index (Phi) is 5.49. The second kappa shape index (κ2) is 7.56. The van der Waals surface area contributed by atoms with Crippen molar-refractivity contribution in [2.24, 2.45) is 0 Å². The summed E-state index contributed by atoms with van der Waals surface area (Å²) in [5.74, 6) is -0.805. The van der Waals surface area contributed by atoms with Gasteiger partial charge in [0.25, 0.3) is 5.69 Å². The summed E-state index contributed by atoms with van der Waals surface area (Å²) in [5.41, 5.74) is 0.390. The molecular formula is C16H13ClN2O5. The molecule has 0 radical (unpaired) electrons. The number of carbonyl (C=O) groups excluding carboxylic acids is 2. The molecule has 7 nitrogen and oxygen atoms in total. The van der Waals surface area contributed by atoms with Gasteiger partial charge in [0.05, 0.1) is 12.0 Å². The van der Waals surface area contributed by atoms with E-state index in [0.717, 1.165) is 0 Å². The van der Waals surface area contributed by atoms with E-state index in [1.165, 1.54) is 31.4 Å². The summed E-state index contributed by atoms with van der Waals surface area (Å²) in [5, 5.41) is 11.7. The Morgan fingerprint density at radius 3 is 2.46 bits per heavy atom. The molecule has 0 fully saturated rings. The van der Waals surface area contributed by atoms with Crippen molar-refractivity contribution >= 4 is 34.7 Å². The molecule has 1 amide bonds. The molecule has 0 bridgehead atoms. The molecule has 24 heavy (non-hydrogen) atoms. The van der Waals surface area contributed by atoms with Crippen LogP contribution in [0.4, 0.5) is 11.4 Å². The zero-order valence-corrected chi connectivity index (χ0v) is 13.3. The molecule has 8 heteroatoms. The molecular weight excluding hydrogens is 336 g/mol. The number of ether oxygens (including phenoxy) is 1. The van der Waals surface area contributed by atoms with Gasteiger partial charge in [0.15, 0.2) is 11.2 Å². The maximum Gasteiger partial charge on any atom is 0.269 e. The van der Waals surface area contributed by atoms with E-state index in [4.69, 9.17) is 16.3 Å². The predicted octanol–water partition coefficient (Wildman–Crippen LogP) is 3.03. The normalized spacial score (nSPS) is 11.4. The maximum atomic E-state index is 12.2. The Bertz CT molecular complexity index is 776. The lowest BCUT2D eigenvalue weighted by molar-refractivity contribution is -0.384. The van der Waals surface area contributed by atoms with E-state index in [9.17, 15) is 19.7 Å². The van der Waals surface area contributed by atoms with Crippen molar-refractivity contribution in [3.05, 3.63) is 64.2 Å². The van der Waals surface area contributed by atoms with Crippen molar-refractivity contribution in [1.82, 2.24) is 0 Å². The van der Waals surface area contributed by atoms with E-state index in [0.29, 0.717) is 11.4 Å². The second-order valence-electron chi connectivity index (χ2n) is 4.75. The number of rotatable bonds is 6. The van der Waals surface area contributed by atoms with Gasteiger partial charge in [-0.25, -0.2) is 0 Å². The third kappa shape index (κ3) is 4.08. The molecule has 2 aromatic rings. The van der Waals surface area contributed by atoms with Gasteiger partial charge in [-0.2, -0.15) is 0 Å². The number of anilines is 1. The molecule has 0 aliphatic heterocycles. The van der Waals surface area contributed by atoms with Crippen LogP contribution in [0.1, 0.15) is 10.4 Å². The minimum absolute atomic E-state index is 0.112. The lowest BCUT2D eigenvalue weighted by Crippen LogP contribution is -2.30. The number of nitrogens with one attached hydrogen (secondary N) is 1. The number of nitro benzene ring substituents is 1. The summed E-state index contributed by atoms with van der Waals surface area (Å²) < 4.78 is 5.04. The minimum atomic E-state index is -1.46. The van der Waals surface area contributed by atoms with Gasteiger partial charge < -0.3 is 10.1 Å². The van der Waals surface area contributed by atoms with Crippen molar-refractivity contribution in [2.75, 3.05) is 12.4 Å². The predicted molar refractivity (Wildman–Crippen MR) is 88.7 cm³/mol. The first-order valence-corrected chi connectivity index (χ1v) is 7.23. The highest BCUT2D eigenvalue weighted by atomic mass is 35.5. The number of Topliss-reactive ketones (excluding diaryl/α,β-unsaturated/α-hetero) is 1. The van der Waals surface area contributed by atoms with Crippen molar-refractivity contribution in [1.29, 1.82) is 0 Å². The van der Waals surface area contributed by atoms with Crippen LogP contribution in [0.15, 0.2) is 48.5 Å². The van der Waals surface area contributed by atoms with E-state index >= 15 is 0 Å². The fourth-order valence-electron chi connectivity index (χ4n) is 1.92. The van der Waals surface area contributed by atoms with Crippen LogP contribution in [0.5, 0.6) is 5.75 Å². The van der Waals surface area contributed by atoms with Crippen LogP contribution in [0.2, 0.25) is 0 Å². The second-order valence-corrected chi connectivity index (χ2v) is 5.19. The number of halogens is 1. The highest BCUT2D eigenvalue weighted by Gasteiger charge is 2.25. The zero-order valence-electron chi connectivity index (χ0n) is 12.6. The molecule has 1 N–H and O–H groups in total. The third-order valence-electron chi connectivity index (χ3n) is 3.16. The van der Waals surface area contributed by atoms with Gasteiger partial charge in [0.2, 0.25) is 5.91 Å². The number of benzene rings is 2. The number of nitrogens with zero attached hydrogens (tertiary/aromatic N) is 1. The lowest BCUT2D eigenvalue weighted by Gasteiger charge is -2.10. The Hall–Kier alpha value is -2.93. The molecule has 0 aromatic heterocycles. The molecule has 0 unspecified atom stereocenters. The summed E-state index contributed by atoms with van der Waals surface area (Å²) in [7, 11) is 1.49. The quantitative estimate of drug-likeness (QED) is 0.284. The molecule has 124 valence electrons. The number of amides is 1. The number of alkyl halides is 1. The number of hydrogen-bond acceptors (Lipinski definition) is 5. The average molecular weight is 349 g/mol. The first kappa shape index (κ1) is 17.4. The van der Waals surface area contributed by atoms with E-state index in [-0.39, 0.29) is 11.3 Å². The van der Waals surface area contributed by atoms with Gasteiger partial charge >= 0.3 is 0 Å². The number of ketones is 1. The van der Waals surface area contributed by atoms with E-state index < -0.39 is 22.0 Å². The summed E-state index contributed by atoms with van der Waals surface area (Å²) in [6.07, 6.45) is 0. The maximum absolute atomic E-state index is 12.2. The van der Waals surface area contributed by atoms with E-state index in [2.05, 4.69) is 5.32 Å². The first-order valence-electron chi connectivity index (χ1n) is 6.80. The molecule has 0 saturated heterocycles. The minimum Gasteiger partial charge on any atom is -0.497 e. The van der Waals surface area contributed by atoms with Crippen molar-refractivity contribution in [3.63, 3.8) is 0 Å². The number of methoxy groups -OCH3 is 1. The Labute approximate surface area is 142 Å². The highest BCUT2D eigenvalue weighted by Crippen LogP contribution is 2.19.